The van der Waals surface area contributed by atoms with Crippen molar-refractivity contribution in [1.29, 1.82) is 0 Å². The van der Waals surface area contributed by atoms with Crippen molar-refractivity contribution in [2.45, 2.75) is 52.6 Å². The molecule has 208 valence electrons. The van der Waals surface area contributed by atoms with E-state index >= 15 is 0 Å². The first kappa shape index (κ1) is 27.6. The number of aromatic nitrogens is 2. The molecular formula is C32H34ClN3O4. The minimum absolute atomic E-state index is 0.0507. The normalized spacial score (nSPS) is 14.4. The summed E-state index contributed by atoms with van der Waals surface area (Å²) in [6.07, 6.45) is 3.18. The van der Waals surface area contributed by atoms with Crippen LogP contribution in [-0.4, -0.2) is 39.3 Å². The second-order valence-corrected chi connectivity index (χ2v) is 10.4. The fourth-order valence-electron chi connectivity index (χ4n) is 5.16. The maximum absolute atomic E-state index is 13.8. The maximum atomic E-state index is 13.8. The van der Waals surface area contributed by atoms with Crippen LogP contribution in [0.4, 0.5) is 0 Å². The van der Waals surface area contributed by atoms with E-state index in [1.807, 2.05) is 67.3 Å². The van der Waals surface area contributed by atoms with Gasteiger partial charge in [-0.2, -0.15) is 5.10 Å². The van der Waals surface area contributed by atoms with Gasteiger partial charge in [0.2, 0.25) is 0 Å². The molecule has 0 saturated carbocycles. The monoisotopic (exact) mass is 559 g/mol. The first-order valence-corrected chi connectivity index (χ1v) is 14.1. The van der Waals surface area contributed by atoms with Crippen molar-refractivity contribution in [3.63, 3.8) is 0 Å². The quantitative estimate of drug-likeness (QED) is 0.186. The third kappa shape index (κ3) is 5.39. The van der Waals surface area contributed by atoms with Gasteiger partial charge in [0.05, 0.1) is 19.3 Å². The highest BCUT2D eigenvalue weighted by Crippen LogP contribution is 2.47. The molecule has 4 aromatic rings. The van der Waals surface area contributed by atoms with Crippen LogP contribution in [0.2, 0.25) is 5.02 Å². The molecule has 0 bridgehead atoms. The number of nitrogens with zero attached hydrogens (tertiary/aromatic N) is 2. The fraction of sp³-hybridized carbons (Fsp3) is 0.312. The number of phenolic OH excluding ortho intramolecular Hbond substituents is 1. The Balaban J connectivity index is 1.61. The van der Waals surface area contributed by atoms with Gasteiger partial charge in [-0.25, -0.2) is 0 Å². The number of benzene rings is 3. The van der Waals surface area contributed by atoms with E-state index in [0.717, 1.165) is 36.0 Å². The molecule has 0 aliphatic carbocycles. The lowest BCUT2D eigenvalue weighted by molar-refractivity contribution is 0.0729. The Hall–Kier alpha value is -3.97. The topological polar surface area (TPSA) is 87.7 Å². The number of ether oxygens (including phenoxy) is 2. The van der Waals surface area contributed by atoms with Crippen LogP contribution in [-0.2, 0) is 6.54 Å². The number of hydrogen-bond acceptors (Lipinski definition) is 5. The average Bonchev–Trinajstić information content (AvgIpc) is 3.49. The van der Waals surface area contributed by atoms with Crippen molar-refractivity contribution in [3.05, 3.63) is 93.6 Å². The number of carbonyl (C=O) groups is 1. The number of H-pyrrole nitrogens is 1. The lowest BCUT2D eigenvalue weighted by atomic mass is 9.94. The first-order valence-electron chi connectivity index (χ1n) is 13.7. The summed E-state index contributed by atoms with van der Waals surface area (Å²) in [5.41, 5.74) is 4.65. The Morgan fingerprint density at radius 3 is 2.58 bits per heavy atom. The Morgan fingerprint density at radius 2 is 1.82 bits per heavy atom. The molecule has 0 saturated heterocycles. The molecule has 40 heavy (non-hydrogen) atoms. The molecular weight excluding hydrogens is 526 g/mol. The highest BCUT2D eigenvalue weighted by atomic mass is 35.5. The SMILES string of the molecule is CCCCCOc1ccc(C2c3c(-c4cc(Cl)c(C)cc4O)n[nH]c3C(=O)N2Cc2ccccc2)cc1OCC. The molecule has 1 atom stereocenters. The van der Waals surface area contributed by atoms with Crippen LogP contribution in [0.15, 0.2) is 60.7 Å². The second kappa shape index (κ2) is 12.0. The molecule has 0 radical (unpaired) electrons. The second-order valence-electron chi connectivity index (χ2n) is 10.00. The number of nitrogens with one attached hydrogen (secondary N) is 1. The molecule has 1 aliphatic heterocycles. The van der Waals surface area contributed by atoms with Gasteiger partial charge in [-0.05, 0) is 61.2 Å². The average molecular weight is 560 g/mol. The molecule has 5 rings (SSSR count). The predicted octanol–water partition coefficient (Wildman–Crippen LogP) is 7.46. The van der Waals surface area contributed by atoms with Crippen molar-refractivity contribution in [2.24, 2.45) is 0 Å². The maximum Gasteiger partial charge on any atom is 0.273 e. The number of fused-ring (bicyclic) bond motifs is 1. The smallest absolute Gasteiger partial charge is 0.273 e. The summed E-state index contributed by atoms with van der Waals surface area (Å²) < 4.78 is 12.1. The summed E-state index contributed by atoms with van der Waals surface area (Å²) in [7, 11) is 0. The van der Waals surface area contributed by atoms with Gasteiger partial charge >= 0.3 is 0 Å². The molecule has 1 unspecified atom stereocenters. The van der Waals surface area contributed by atoms with Crippen LogP contribution >= 0.6 is 11.6 Å². The van der Waals surface area contributed by atoms with Gasteiger partial charge in [0.1, 0.15) is 17.1 Å². The van der Waals surface area contributed by atoms with Gasteiger partial charge in [-0.15, -0.1) is 0 Å². The lowest BCUT2D eigenvalue weighted by Gasteiger charge is -2.27. The van der Waals surface area contributed by atoms with E-state index < -0.39 is 6.04 Å². The molecule has 7 nitrogen and oxygen atoms in total. The third-order valence-corrected chi connectivity index (χ3v) is 7.59. The van der Waals surface area contributed by atoms with Crippen molar-refractivity contribution >= 4 is 17.5 Å². The number of unbranched alkanes of at least 4 members (excludes halogenated alkanes) is 2. The van der Waals surface area contributed by atoms with Gasteiger partial charge < -0.3 is 19.5 Å². The fourth-order valence-corrected chi connectivity index (χ4v) is 5.33. The van der Waals surface area contributed by atoms with Gasteiger partial charge in [-0.1, -0.05) is 67.8 Å². The molecule has 0 fully saturated rings. The molecule has 0 spiro atoms. The van der Waals surface area contributed by atoms with E-state index in [4.69, 9.17) is 21.1 Å². The Labute approximate surface area is 239 Å². The van der Waals surface area contributed by atoms with Crippen molar-refractivity contribution < 1.29 is 19.4 Å². The zero-order valence-corrected chi connectivity index (χ0v) is 23.8. The lowest BCUT2D eigenvalue weighted by Crippen LogP contribution is -2.29. The van der Waals surface area contributed by atoms with Gasteiger partial charge in [-0.3, -0.25) is 9.89 Å². The van der Waals surface area contributed by atoms with Crippen LogP contribution < -0.4 is 9.47 Å². The van der Waals surface area contributed by atoms with E-state index in [9.17, 15) is 9.90 Å². The highest BCUT2D eigenvalue weighted by molar-refractivity contribution is 6.31. The number of phenols is 1. The van der Waals surface area contributed by atoms with E-state index in [0.29, 0.717) is 58.8 Å². The molecule has 2 N–H and O–H groups in total. The predicted molar refractivity (Wildman–Crippen MR) is 156 cm³/mol. The number of aromatic amines is 1. The van der Waals surface area contributed by atoms with E-state index in [-0.39, 0.29) is 11.7 Å². The zero-order valence-electron chi connectivity index (χ0n) is 23.0. The number of rotatable bonds is 11. The van der Waals surface area contributed by atoms with Crippen molar-refractivity contribution in [2.75, 3.05) is 13.2 Å². The van der Waals surface area contributed by atoms with Crippen molar-refractivity contribution in [1.82, 2.24) is 15.1 Å². The van der Waals surface area contributed by atoms with Crippen molar-refractivity contribution in [3.8, 4) is 28.5 Å². The standard InChI is InChI=1S/C32H34ClN3O4/c1-4-6-10-15-40-26-14-13-22(17-27(26)39-5-2)31-28-29(23-18-24(33)20(3)16-25(23)37)34-35-30(28)32(38)36(31)19-21-11-8-7-9-12-21/h7-9,11-14,16-18,31,37H,4-6,10,15,19H2,1-3H3,(H,34,35). The minimum Gasteiger partial charge on any atom is -0.507 e. The number of amides is 1. The van der Waals surface area contributed by atoms with Gasteiger partial charge in [0, 0.05) is 22.7 Å². The summed E-state index contributed by atoms with van der Waals surface area (Å²) >= 11 is 6.45. The zero-order chi connectivity index (χ0) is 28.2. The summed E-state index contributed by atoms with van der Waals surface area (Å²) in [5, 5.41) is 18.8. The van der Waals surface area contributed by atoms with E-state index in [2.05, 4.69) is 17.1 Å². The number of hydrogen-bond donors (Lipinski definition) is 2. The van der Waals surface area contributed by atoms with E-state index in [1.165, 1.54) is 0 Å². The van der Waals surface area contributed by atoms with Gasteiger partial charge in [0.15, 0.2) is 11.5 Å². The summed E-state index contributed by atoms with van der Waals surface area (Å²) in [4.78, 5) is 15.6. The first-order chi connectivity index (χ1) is 19.4. The van der Waals surface area contributed by atoms with E-state index in [1.54, 1.807) is 12.1 Å². The Morgan fingerprint density at radius 1 is 1.02 bits per heavy atom. The molecule has 1 amide bonds. The molecule has 8 heteroatoms. The van der Waals surface area contributed by atoms with Crippen LogP contribution in [0.3, 0.4) is 0 Å². The molecule has 1 aliphatic rings. The number of aromatic hydroxyl groups is 1. The van der Waals surface area contributed by atoms with Gasteiger partial charge in [0.25, 0.3) is 5.91 Å². The summed E-state index contributed by atoms with van der Waals surface area (Å²) in [6, 6.07) is 18.5. The van der Waals surface area contributed by atoms with Crippen LogP contribution in [0, 0.1) is 6.92 Å². The number of halogens is 1. The Bertz CT molecular complexity index is 1500. The largest absolute Gasteiger partial charge is 0.507 e. The Kier molecular flexibility index (Phi) is 8.31. The van der Waals surface area contributed by atoms with Crippen LogP contribution in [0.25, 0.3) is 11.3 Å². The number of aryl methyl sites for hydroxylation is 1. The summed E-state index contributed by atoms with van der Waals surface area (Å²) in [6.45, 7) is 7.41. The summed E-state index contributed by atoms with van der Waals surface area (Å²) in [5.74, 6) is 1.19. The van der Waals surface area contributed by atoms with Crippen LogP contribution in [0.5, 0.6) is 17.2 Å². The highest BCUT2D eigenvalue weighted by Gasteiger charge is 2.43. The minimum atomic E-state index is -0.482. The molecule has 3 aromatic carbocycles. The van der Waals surface area contributed by atoms with Crippen LogP contribution in [0.1, 0.15) is 71.9 Å². The molecule has 1 aromatic heterocycles. The number of carbonyl (C=O) groups excluding carboxylic acids is 1. The third-order valence-electron chi connectivity index (χ3n) is 7.18. The molecule has 2 heterocycles.